The van der Waals surface area contributed by atoms with Gasteiger partial charge in [-0.1, -0.05) is 35.6 Å². The number of thiazole rings is 2. The van der Waals surface area contributed by atoms with Crippen molar-refractivity contribution in [1.29, 1.82) is 0 Å². The van der Waals surface area contributed by atoms with Crippen LogP contribution < -0.4 is 15.0 Å². The molecule has 1 amide bonds. The molecule has 4 heterocycles. The topological polar surface area (TPSA) is 121 Å². The number of nitrogens with one attached hydrogen (secondary N) is 1. The smallest absolute Gasteiger partial charge is 0.355 e. The number of carboxylic acids is 1. The van der Waals surface area contributed by atoms with Crippen molar-refractivity contribution in [2.75, 3.05) is 37.5 Å². The van der Waals surface area contributed by atoms with Crippen molar-refractivity contribution in [3.05, 3.63) is 93.7 Å². The molecule has 226 valence electrons. The summed E-state index contributed by atoms with van der Waals surface area (Å²) in [5.74, 6) is -0.570. The number of anilines is 2. The number of hydrogen-bond acceptors (Lipinski definition) is 10. The zero-order chi connectivity index (χ0) is 30.6. The fraction of sp³-hybridized carbons (Fsp3) is 0.281. The molecule has 3 aromatic heterocycles. The minimum Gasteiger partial charge on any atom is -0.492 e. The van der Waals surface area contributed by atoms with Crippen LogP contribution >= 0.6 is 22.7 Å². The lowest BCUT2D eigenvalue weighted by Crippen LogP contribution is -2.32. The molecule has 0 saturated heterocycles. The van der Waals surface area contributed by atoms with Gasteiger partial charge in [-0.25, -0.2) is 14.8 Å². The average Bonchev–Trinajstić information content (AvgIpc) is 3.63. The lowest BCUT2D eigenvalue weighted by molar-refractivity contribution is 0.0690. The van der Waals surface area contributed by atoms with Crippen molar-refractivity contribution in [3.8, 4) is 5.75 Å². The second-order valence-electron chi connectivity index (χ2n) is 10.8. The molecule has 0 radical (unpaired) electrons. The molecule has 0 spiro atoms. The average molecular weight is 629 g/mol. The first-order valence-electron chi connectivity index (χ1n) is 14.3. The standard InChI is InChI=1S/C32H32N6O4S2/c1-37(2)18-21-12-13-22(17-33-21)42-16-6-11-27-28(30(40)41)35-32(44-27)38-15-14-20-7-5-8-23(24(20)19-38)29(39)36-31-34-25-9-3-4-10-26(25)43-31/h3-5,7-10,12-13,17H,6,11,14-16,18-19H2,1-2H3,(H,40,41)(H,34,36,39). The highest BCUT2D eigenvalue weighted by molar-refractivity contribution is 7.22. The van der Waals surface area contributed by atoms with E-state index in [9.17, 15) is 14.7 Å². The van der Waals surface area contributed by atoms with Gasteiger partial charge in [-0.2, -0.15) is 0 Å². The van der Waals surface area contributed by atoms with Crippen LogP contribution in [0.2, 0.25) is 0 Å². The first-order valence-corrected chi connectivity index (χ1v) is 16.0. The van der Waals surface area contributed by atoms with Gasteiger partial charge in [0, 0.05) is 30.1 Å². The van der Waals surface area contributed by atoms with E-state index in [4.69, 9.17) is 4.74 Å². The molecule has 2 N–H and O–H groups in total. The minimum absolute atomic E-state index is 0.0763. The van der Waals surface area contributed by atoms with Crippen LogP contribution in [-0.4, -0.2) is 64.1 Å². The molecule has 0 bridgehead atoms. The molecule has 10 nitrogen and oxygen atoms in total. The summed E-state index contributed by atoms with van der Waals surface area (Å²) in [5.41, 5.74) is 4.50. The molecule has 6 rings (SSSR count). The summed E-state index contributed by atoms with van der Waals surface area (Å²) < 4.78 is 6.86. The van der Waals surface area contributed by atoms with Crippen LogP contribution in [0.5, 0.6) is 5.75 Å². The Morgan fingerprint density at radius 2 is 1.93 bits per heavy atom. The molecule has 5 aromatic rings. The number of carbonyl (C=O) groups excluding carboxylic acids is 1. The van der Waals surface area contributed by atoms with Gasteiger partial charge in [0.15, 0.2) is 16.0 Å². The van der Waals surface area contributed by atoms with Crippen LogP contribution in [0.15, 0.2) is 60.8 Å². The number of hydrogen-bond donors (Lipinski definition) is 2. The molecular formula is C32H32N6O4S2. The van der Waals surface area contributed by atoms with Crippen LogP contribution in [0, 0.1) is 0 Å². The first-order chi connectivity index (χ1) is 21.3. The third kappa shape index (κ3) is 6.72. The van der Waals surface area contributed by atoms with Crippen molar-refractivity contribution >= 4 is 55.0 Å². The van der Waals surface area contributed by atoms with Crippen LogP contribution in [0.4, 0.5) is 10.3 Å². The Balaban J connectivity index is 1.12. The molecule has 0 aliphatic carbocycles. The zero-order valence-electron chi connectivity index (χ0n) is 24.4. The van der Waals surface area contributed by atoms with Gasteiger partial charge >= 0.3 is 5.97 Å². The summed E-state index contributed by atoms with van der Waals surface area (Å²) in [6.07, 6.45) is 3.62. The molecule has 2 aromatic carbocycles. The van der Waals surface area contributed by atoms with Crippen LogP contribution in [0.3, 0.4) is 0 Å². The molecule has 0 unspecified atom stereocenters. The van der Waals surface area contributed by atoms with Gasteiger partial charge in [0.25, 0.3) is 5.91 Å². The van der Waals surface area contributed by atoms with E-state index in [1.807, 2.05) is 68.7 Å². The number of benzene rings is 2. The van der Waals surface area contributed by atoms with Crippen LogP contribution in [0.1, 0.15) is 49.0 Å². The van der Waals surface area contributed by atoms with Gasteiger partial charge in [-0.15, -0.1) is 11.3 Å². The number of para-hydroxylation sites is 1. The Kier molecular flexibility index (Phi) is 8.82. The lowest BCUT2D eigenvalue weighted by atomic mass is 9.94. The summed E-state index contributed by atoms with van der Waals surface area (Å²) >= 11 is 2.83. The maximum Gasteiger partial charge on any atom is 0.355 e. The fourth-order valence-electron chi connectivity index (χ4n) is 5.19. The third-order valence-corrected chi connectivity index (χ3v) is 9.41. The van der Waals surface area contributed by atoms with E-state index >= 15 is 0 Å². The third-order valence-electron chi connectivity index (χ3n) is 7.28. The molecule has 1 aliphatic rings. The Morgan fingerprint density at radius 3 is 2.70 bits per heavy atom. The molecule has 0 saturated carbocycles. The summed E-state index contributed by atoms with van der Waals surface area (Å²) in [5, 5.41) is 14.1. The Labute approximate surface area is 263 Å². The van der Waals surface area contributed by atoms with E-state index in [1.54, 1.807) is 6.20 Å². The number of aromatic carboxylic acids is 1. The van der Waals surface area contributed by atoms with Gasteiger partial charge < -0.3 is 19.6 Å². The Hall–Kier alpha value is -4.39. The summed E-state index contributed by atoms with van der Waals surface area (Å²) in [7, 11) is 3.99. The number of pyridine rings is 1. The minimum atomic E-state index is -1.04. The van der Waals surface area contributed by atoms with E-state index < -0.39 is 5.97 Å². The largest absolute Gasteiger partial charge is 0.492 e. The molecule has 44 heavy (non-hydrogen) atoms. The summed E-state index contributed by atoms with van der Waals surface area (Å²) in [6.45, 7) is 2.34. The van der Waals surface area contributed by atoms with Gasteiger partial charge in [-0.05, 0) is 74.8 Å². The van der Waals surface area contributed by atoms with Crippen LogP contribution in [0.25, 0.3) is 10.2 Å². The molecular weight excluding hydrogens is 597 g/mol. The van der Waals surface area contributed by atoms with Crippen molar-refractivity contribution in [1.82, 2.24) is 19.9 Å². The SMILES string of the molecule is CN(C)Cc1ccc(OCCCc2sc(N3CCc4cccc(C(=O)Nc5nc6ccccc6s5)c4C3)nc2C(=O)O)cn1. The Bertz CT molecular complexity index is 1770. The van der Waals surface area contributed by atoms with Crippen molar-refractivity contribution in [2.24, 2.45) is 0 Å². The number of carboxylic acid groups (broad SMARTS) is 1. The molecule has 12 heteroatoms. The highest BCUT2D eigenvalue weighted by Gasteiger charge is 2.26. The number of rotatable bonds is 11. The van der Waals surface area contributed by atoms with E-state index in [2.05, 4.69) is 30.1 Å². The maximum atomic E-state index is 13.4. The number of aromatic nitrogens is 3. The molecule has 1 aliphatic heterocycles. The number of fused-ring (bicyclic) bond motifs is 2. The molecule has 0 atom stereocenters. The highest BCUT2D eigenvalue weighted by atomic mass is 32.1. The number of carbonyl (C=O) groups is 2. The number of ether oxygens (including phenoxy) is 1. The van der Waals surface area contributed by atoms with Crippen molar-refractivity contribution in [2.45, 2.75) is 32.4 Å². The zero-order valence-corrected chi connectivity index (χ0v) is 26.1. The fourth-order valence-corrected chi connectivity index (χ4v) is 7.17. The maximum absolute atomic E-state index is 13.4. The summed E-state index contributed by atoms with van der Waals surface area (Å²) in [4.78, 5) is 43.8. The predicted molar refractivity (Wildman–Crippen MR) is 173 cm³/mol. The quantitative estimate of drug-likeness (QED) is 0.177. The van der Waals surface area contributed by atoms with Crippen molar-refractivity contribution in [3.63, 3.8) is 0 Å². The monoisotopic (exact) mass is 628 g/mol. The number of nitrogens with zero attached hydrogens (tertiary/aromatic N) is 5. The lowest BCUT2D eigenvalue weighted by Gasteiger charge is -2.29. The second kappa shape index (κ2) is 13.1. The van der Waals surface area contributed by atoms with E-state index in [0.29, 0.717) is 59.0 Å². The predicted octanol–water partition coefficient (Wildman–Crippen LogP) is 5.73. The van der Waals surface area contributed by atoms with Gasteiger partial charge in [-0.3, -0.25) is 15.1 Å². The van der Waals surface area contributed by atoms with Crippen molar-refractivity contribution < 1.29 is 19.4 Å². The van der Waals surface area contributed by atoms with Gasteiger partial charge in [0.05, 0.1) is 28.7 Å². The first kappa shape index (κ1) is 29.7. The van der Waals surface area contributed by atoms with Gasteiger partial charge in [0.2, 0.25) is 0 Å². The molecule has 0 fully saturated rings. The normalized spacial score (nSPS) is 12.8. The summed E-state index contributed by atoms with van der Waals surface area (Å²) in [6, 6.07) is 17.4. The number of amides is 1. The van der Waals surface area contributed by atoms with Crippen LogP contribution in [-0.2, 0) is 25.9 Å². The highest BCUT2D eigenvalue weighted by Crippen LogP contribution is 2.33. The number of aryl methyl sites for hydroxylation is 1. The van der Waals surface area contributed by atoms with E-state index in [0.717, 1.165) is 40.0 Å². The van der Waals surface area contributed by atoms with E-state index in [1.165, 1.54) is 22.7 Å². The van der Waals surface area contributed by atoms with E-state index in [-0.39, 0.29) is 11.6 Å². The Morgan fingerprint density at radius 1 is 1.07 bits per heavy atom. The van der Waals surface area contributed by atoms with Gasteiger partial charge in [0.1, 0.15) is 5.75 Å². The second-order valence-corrected chi connectivity index (χ2v) is 12.9.